The summed E-state index contributed by atoms with van der Waals surface area (Å²) in [5.41, 5.74) is 7.32. The van der Waals surface area contributed by atoms with Gasteiger partial charge in [0.15, 0.2) is 5.65 Å². The predicted octanol–water partition coefficient (Wildman–Crippen LogP) is 2.09. The Hall–Kier alpha value is -1.69. The number of nitrogens with one attached hydrogen (secondary N) is 1. The second kappa shape index (κ2) is 6.17. The third kappa shape index (κ3) is 2.75. The predicted molar refractivity (Wildman–Crippen MR) is 79.6 cm³/mol. The van der Waals surface area contributed by atoms with Crippen LogP contribution in [0.5, 0.6) is 0 Å². The number of nitrogens with zero attached hydrogens (tertiary/aromatic N) is 4. The maximum absolute atomic E-state index is 5.49. The van der Waals surface area contributed by atoms with Gasteiger partial charge in [0.2, 0.25) is 5.95 Å². The molecule has 1 fully saturated rings. The molecule has 0 amide bonds. The van der Waals surface area contributed by atoms with Crippen molar-refractivity contribution in [1.82, 2.24) is 19.5 Å². The maximum atomic E-state index is 5.49. The fraction of sp³-hybridized carbons (Fsp3) is 0.643. The van der Waals surface area contributed by atoms with Crippen molar-refractivity contribution < 1.29 is 0 Å². The van der Waals surface area contributed by atoms with Gasteiger partial charge in [0.05, 0.1) is 12.5 Å². The molecule has 1 aliphatic rings. The number of rotatable bonds is 6. The molecule has 0 aromatic carbocycles. The highest BCUT2D eigenvalue weighted by Crippen LogP contribution is 2.31. The average Bonchev–Trinajstić information content (AvgIpc) is 3.11. The molecular formula is C14H22N6. The molecule has 0 atom stereocenters. The summed E-state index contributed by atoms with van der Waals surface area (Å²) in [5.74, 6) is 0.689. The minimum Gasteiger partial charge on any atom is -0.354 e. The van der Waals surface area contributed by atoms with Crippen LogP contribution in [-0.4, -0.2) is 32.6 Å². The molecule has 0 saturated heterocycles. The van der Waals surface area contributed by atoms with Crippen LogP contribution in [0.2, 0.25) is 0 Å². The molecule has 0 spiro atoms. The Kier molecular flexibility index (Phi) is 4.11. The lowest BCUT2D eigenvalue weighted by Crippen LogP contribution is -2.09. The summed E-state index contributed by atoms with van der Waals surface area (Å²) in [7, 11) is 0. The van der Waals surface area contributed by atoms with E-state index in [2.05, 4.69) is 24.8 Å². The van der Waals surface area contributed by atoms with Crippen LogP contribution >= 0.6 is 0 Å². The molecule has 1 aliphatic carbocycles. The Morgan fingerprint density at radius 1 is 1.25 bits per heavy atom. The first-order valence-electron chi connectivity index (χ1n) is 7.52. The van der Waals surface area contributed by atoms with Gasteiger partial charge < -0.3 is 15.6 Å². The summed E-state index contributed by atoms with van der Waals surface area (Å²) in [5, 5.41) is 3.26. The molecule has 1 saturated carbocycles. The Labute approximate surface area is 118 Å². The normalized spacial score (nSPS) is 16.1. The third-order valence-electron chi connectivity index (χ3n) is 3.95. The molecule has 2 aromatic rings. The Morgan fingerprint density at radius 2 is 2.10 bits per heavy atom. The lowest BCUT2D eigenvalue weighted by atomic mass is 10.2. The molecule has 6 heteroatoms. The van der Waals surface area contributed by atoms with Crippen molar-refractivity contribution >= 4 is 17.1 Å². The first-order chi connectivity index (χ1) is 9.88. The summed E-state index contributed by atoms with van der Waals surface area (Å²) < 4.78 is 2.22. The van der Waals surface area contributed by atoms with Crippen molar-refractivity contribution in [2.45, 2.75) is 44.6 Å². The largest absolute Gasteiger partial charge is 0.354 e. The number of hydrogen-bond donors (Lipinski definition) is 2. The summed E-state index contributed by atoms with van der Waals surface area (Å²) >= 11 is 0. The van der Waals surface area contributed by atoms with E-state index in [1.165, 1.54) is 25.7 Å². The van der Waals surface area contributed by atoms with Gasteiger partial charge in [-0.15, -0.1) is 0 Å². The molecular weight excluding hydrogens is 252 g/mol. The fourth-order valence-corrected chi connectivity index (χ4v) is 2.83. The van der Waals surface area contributed by atoms with Crippen molar-refractivity contribution in [1.29, 1.82) is 0 Å². The molecule has 0 radical (unpaired) electrons. The highest BCUT2D eigenvalue weighted by Gasteiger charge is 2.19. The van der Waals surface area contributed by atoms with Crippen LogP contribution in [0, 0.1) is 0 Å². The lowest BCUT2D eigenvalue weighted by molar-refractivity contribution is 0.529. The number of anilines is 1. The molecule has 3 rings (SSSR count). The van der Waals surface area contributed by atoms with Gasteiger partial charge in [0.1, 0.15) is 5.52 Å². The second-order valence-corrected chi connectivity index (χ2v) is 5.42. The third-order valence-corrected chi connectivity index (χ3v) is 3.95. The zero-order chi connectivity index (χ0) is 13.8. The maximum Gasteiger partial charge on any atom is 0.224 e. The SMILES string of the molecule is NCCCCNc1ncc2ncn(C3CCCC3)c2n1. The number of fused-ring (bicyclic) bond motifs is 1. The van der Waals surface area contributed by atoms with Gasteiger partial charge in [0, 0.05) is 12.6 Å². The monoisotopic (exact) mass is 274 g/mol. The van der Waals surface area contributed by atoms with Gasteiger partial charge in [-0.2, -0.15) is 4.98 Å². The van der Waals surface area contributed by atoms with Crippen LogP contribution < -0.4 is 11.1 Å². The van der Waals surface area contributed by atoms with E-state index in [1.807, 2.05) is 6.33 Å². The fourth-order valence-electron chi connectivity index (χ4n) is 2.83. The number of imidazole rings is 1. The molecule has 0 bridgehead atoms. The number of aromatic nitrogens is 4. The number of hydrogen-bond acceptors (Lipinski definition) is 5. The van der Waals surface area contributed by atoms with Crippen LogP contribution in [0.15, 0.2) is 12.5 Å². The topological polar surface area (TPSA) is 81.6 Å². The van der Waals surface area contributed by atoms with Crippen LogP contribution in [0.25, 0.3) is 11.2 Å². The van der Waals surface area contributed by atoms with Crippen LogP contribution in [0.4, 0.5) is 5.95 Å². The van der Waals surface area contributed by atoms with E-state index in [-0.39, 0.29) is 0 Å². The van der Waals surface area contributed by atoms with E-state index in [4.69, 9.17) is 5.73 Å². The van der Waals surface area contributed by atoms with Gasteiger partial charge in [-0.05, 0) is 32.2 Å². The van der Waals surface area contributed by atoms with Gasteiger partial charge in [-0.1, -0.05) is 12.8 Å². The smallest absolute Gasteiger partial charge is 0.224 e. The van der Waals surface area contributed by atoms with E-state index in [9.17, 15) is 0 Å². The zero-order valence-electron chi connectivity index (χ0n) is 11.8. The Morgan fingerprint density at radius 3 is 2.90 bits per heavy atom. The van der Waals surface area contributed by atoms with Crippen molar-refractivity contribution in [3.05, 3.63) is 12.5 Å². The van der Waals surface area contributed by atoms with Crippen LogP contribution in [0.3, 0.4) is 0 Å². The van der Waals surface area contributed by atoms with E-state index in [1.54, 1.807) is 6.20 Å². The summed E-state index contributed by atoms with van der Waals surface area (Å²) in [6, 6.07) is 0.556. The van der Waals surface area contributed by atoms with Crippen molar-refractivity contribution in [3.63, 3.8) is 0 Å². The van der Waals surface area contributed by atoms with Crippen molar-refractivity contribution in [2.75, 3.05) is 18.4 Å². The average molecular weight is 274 g/mol. The summed E-state index contributed by atoms with van der Waals surface area (Å²) in [6.45, 7) is 1.59. The van der Waals surface area contributed by atoms with Gasteiger partial charge in [-0.25, -0.2) is 9.97 Å². The summed E-state index contributed by atoms with van der Waals surface area (Å²) in [4.78, 5) is 13.3. The minimum atomic E-state index is 0.556. The Bertz CT molecular complexity index is 558. The van der Waals surface area contributed by atoms with Gasteiger partial charge in [0.25, 0.3) is 0 Å². The molecule has 108 valence electrons. The zero-order valence-corrected chi connectivity index (χ0v) is 11.8. The van der Waals surface area contributed by atoms with Gasteiger partial charge >= 0.3 is 0 Å². The van der Waals surface area contributed by atoms with Crippen molar-refractivity contribution in [3.8, 4) is 0 Å². The van der Waals surface area contributed by atoms with E-state index in [0.29, 0.717) is 12.0 Å². The number of unbranched alkanes of at least 4 members (excludes halogenated alkanes) is 1. The molecule has 0 aliphatic heterocycles. The molecule has 6 nitrogen and oxygen atoms in total. The standard InChI is InChI=1S/C14H22N6/c15-7-3-4-8-16-14-17-9-12-13(19-14)20(10-18-12)11-5-1-2-6-11/h9-11H,1-8,15H2,(H,16,17,19). The first-order valence-corrected chi connectivity index (χ1v) is 7.52. The Balaban J connectivity index is 1.76. The molecule has 20 heavy (non-hydrogen) atoms. The van der Waals surface area contributed by atoms with Crippen LogP contribution in [-0.2, 0) is 0 Å². The lowest BCUT2D eigenvalue weighted by Gasteiger charge is -2.11. The van der Waals surface area contributed by atoms with Crippen molar-refractivity contribution in [2.24, 2.45) is 5.73 Å². The molecule has 2 aromatic heterocycles. The number of nitrogens with two attached hydrogens (primary N) is 1. The summed E-state index contributed by atoms with van der Waals surface area (Å²) in [6.07, 6.45) is 10.9. The van der Waals surface area contributed by atoms with E-state index >= 15 is 0 Å². The second-order valence-electron chi connectivity index (χ2n) is 5.42. The highest BCUT2D eigenvalue weighted by molar-refractivity contribution is 5.71. The first kappa shape index (κ1) is 13.3. The van der Waals surface area contributed by atoms with E-state index in [0.717, 1.165) is 37.1 Å². The highest BCUT2D eigenvalue weighted by atomic mass is 15.2. The molecule has 2 heterocycles. The van der Waals surface area contributed by atoms with E-state index < -0.39 is 0 Å². The quantitative estimate of drug-likeness (QED) is 0.788. The van der Waals surface area contributed by atoms with Gasteiger partial charge in [-0.3, -0.25) is 0 Å². The van der Waals surface area contributed by atoms with Crippen LogP contribution in [0.1, 0.15) is 44.6 Å². The molecule has 3 N–H and O–H groups in total. The minimum absolute atomic E-state index is 0.556. The molecule has 0 unspecified atom stereocenters.